The normalized spacial score (nSPS) is 12.5. The summed E-state index contributed by atoms with van der Waals surface area (Å²) < 4.78 is 0. The van der Waals surface area contributed by atoms with E-state index in [1.807, 2.05) is 12.1 Å². The molecule has 2 heteroatoms. The van der Waals surface area contributed by atoms with Gasteiger partial charge in [-0.2, -0.15) is 0 Å². The molecule has 0 aromatic heterocycles. The zero-order chi connectivity index (χ0) is 12.8. The molecule has 1 rings (SSSR count). The van der Waals surface area contributed by atoms with Gasteiger partial charge in [0.1, 0.15) is 0 Å². The van der Waals surface area contributed by atoms with Crippen LogP contribution in [-0.2, 0) is 11.2 Å². The van der Waals surface area contributed by atoms with Crippen LogP contribution in [0.15, 0.2) is 24.3 Å². The van der Waals surface area contributed by atoms with Gasteiger partial charge in [0.05, 0.1) is 0 Å². The molecule has 94 valence electrons. The highest BCUT2D eigenvalue weighted by molar-refractivity contribution is 5.76. The third kappa shape index (κ3) is 4.59. The average Bonchev–Trinajstić information content (AvgIpc) is 2.27. The summed E-state index contributed by atoms with van der Waals surface area (Å²) in [5.41, 5.74) is 2.53. The van der Waals surface area contributed by atoms with Gasteiger partial charge in [-0.25, -0.2) is 0 Å². The van der Waals surface area contributed by atoms with E-state index in [9.17, 15) is 4.79 Å². The summed E-state index contributed by atoms with van der Waals surface area (Å²) in [6.07, 6.45) is 1.39. The molecule has 0 saturated carbocycles. The first-order valence-corrected chi connectivity index (χ1v) is 6.34. The minimum Gasteiger partial charge on any atom is -0.353 e. The summed E-state index contributed by atoms with van der Waals surface area (Å²) >= 11 is 0. The van der Waals surface area contributed by atoms with Crippen molar-refractivity contribution in [1.29, 1.82) is 0 Å². The van der Waals surface area contributed by atoms with Gasteiger partial charge in [0.25, 0.3) is 0 Å². The number of nitrogens with one attached hydrogen (secondary N) is 1. The average molecular weight is 233 g/mol. The second-order valence-corrected chi connectivity index (χ2v) is 5.03. The summed E-state index contributed by atoms with van der Waals surface area (Å²) in [6, 6.07) is 8.48. The summed E-state index contributed by atoms with van der Waals surface area (Å²) in [5.74, 6) is 0.631. The number of aryl methyl sites for hydroxylation is 2. The fourth-order valence-electron chi connectivity index (χ4n) is 1.63. The number of hydrogen-bond donors (Lipinski definition) is 1. The van der Waals surface area contributed by atoms with Crippen LogP contribution in [0.4, 0.5) is 0 Å². The summed E-state index contributed by atoms with van der Waals surface area (Å²) in [6.45, 7) is 8.37. The van der Waals surface area contributed by atoms with E-state index in [1.165, 1.54) is 11.1 Å². The molecule has 0 saturated heterocycles. The lowest BCUT2D eigenvalue weighted by Gasteiger charge is -2.17. The highest BCUT2D eigenvalue weighted by Gasteiger charge is 2.10. The molecule has 1 aromatic rings. The van der Waals surface area contributed by atoms with Crippen molar-refractivity contribution >= 4 is 5.91 Å². The molecular weight excluding hydrogens is 210 g/mol. The van der Waals surface area contributed by atoms with Crippen molar-refractivity contribution in [3.8, 4) is 0 Å². The Morgan fingerprint density at radius 2 is 1.88 bits per heavy atom. The molecule has 17 heavy (non-hydrogen) atoms. The van der Waals surface area contributed by atoms with Crippen LogP contribution >= 0.6 is 0 Å². The van der Waals surface area contributed by atoms with E-state index < -0.39 is 0 Å². The first kappa shape index (κ1) is 13.8. The second-order valence-electron chi connectivity index (χ2n) is 5.03. The molecule has 0 heterocycles. The lowest BCUT2D eigenvalue weighted by Crippen LogP contribution is -2.36. The van der Waals surface area contributed by atoms with E-state index in [0.29, 0.717) is 12.3 Å². The van der Waals surface area contributed by atoms with E-state index in [0.717, 1.165) is 6.42 Å². The summed E-state index contributed by atoms with van der Waals surface area (Å²) in [4.78, 5) is 11.7. The molecular formula is C15H23NO. The minimum atomic E-state index is 0.148. The highest BCUT2D eigenvalue weighted by atomic mass is 16.1. The Morgan fingerprint density at radius 1 is 1.24 bits per heavy atom. The number of carbonyl (C=O) groups is 1. The molecule has 0 radical (unpaired) electrons. The van der Waals surface area contributed by atoms with E-state index in [1.54, 1.807) is 0 Å². The molecule has 0 fully saturated rings. The molecule has 1 aromatic carbocycles. The zero-order valence-electron chi connectivity index (χ0n) is 11.3. The fourth-order valence-corrected chi connectivity index (χ4v) is 1.63. The van der Waals surface area contributed by atoms with Crippen molar-refractivity contribution in [2.75, 3.05) is 0 Å². The van der Waals surface area contributed by atoms with Crippen LogP contribution in [0, 0.1) is 12.8 Å². The van der Waals surface area contributed by atoms with Crippen LogP contribution < -0.4 is 5.32 Å². The predicted octanol–water partition coefficient (Wildman–Crippen LogP) is 3.09. The summed E-state index contributed by atoms with van der Waals surface area (Å²) in [7, 11) is 0. The van der Waals surface area contributed by atoms with Gasteiger partial charge in [-0.3, -0.25) is 4.79 Å². The van der Waals surface area contributed by atoms with Gasteiger partial charge in [0.15, 0.2) is 0 Å². The predicted molar refractivity (Wildman–Crippen MR) is 71.9 cm³/mol. The fraction of sp³-hybridized carbons (Fsp3) is 0.533. The van der Waals surface area contributed by atoms with Crippen molar-refractivity contribution in [3.63, 3.8) is 0 Å². The molecule has 0 unspecified atom stereocenters. The summed E-state index contributed by atoms with van der Waals surface area (Å²) in [5, 5.41) is 3.03. The van der Waals surface area contributed by atoms with Crippen LogP contribution in [0.5, 0.6) is 0 Å². The Kier molecular flexibility index (Phi) is 5.20. The van der Waals surface area contributed by atoms with Gasteiger partial charge in [-0.15, -0.1) is 0 Å². The Bertz CT molecular complexity index is 371. The highest BCUT2D eigenvalue weighted by Crippen LogP contribution is 2.09. The largest absolute Gasteiger partial charge is 0.353 e. The monoisotopic (exact) mass is 233 g/mol. The van der Waals surface area contributed by atoms with Gasteiger partial charge in [0.2, 0.25) is 5.91 Å². The molecule has 2 nitrogen and oxygen atoms in total. The zero-order valence-corrected chi connectivity index (χ0v) is 11.3. The molecule has 0 aliphatic carbocycles. The number of carbonyl (C=O) groups excluding carboxylic acids is 1. The molecule has 1 atom stereocenters. The van der Waals surface area contributed by atoms with E-state index in [4.69, 9.17) is 0 Å². The quantitative estimate of drug-likeness (QED) is 0.832. The van der Waals surface area contributed by atoms with E-state index in [-0.39, 0.29) is 11.9 Å². The van der Waals surface area contributed by atoms with Crippen molar-refractivity contribution in [2.45, 2.75) is 46.6 Å². The lowest BCUT2D eigenvalue weighted by molar-refractivity contribution is -0.121. The number of amides is 1. The van der Waals surface area contributed by atoms with E-state index in [2.05, 4.69) is 45.1 Å². The lowest BCUT2D eigenvalue weighted by atomic mass is 10.0. The number of rotatable bonds is 5. The third-order valence-electron chi connectivity index (χ3n) is 3.27. The van der Waals surface area contributed by atoms with Crippen LogP contribution in [0.1, 0.15) is 38.3 Å². The van der Waals surface area contributed by atoms with Crippen molar-refractivity contribution in [2.24, 2.45) is 5.92 Å². The Hall–Kier alpha value is -1.31. The standard InChI is InChI=1S/C15H23NO/c1-11(2)13(4)16-15(17)10-9-14-8-6-5-7-12(14)3/h5-8,11,13H,9-10H2,1-4H3,(H,16,17)/t13-/m1/s1. The molecule has 0 aliphatic rings. The van der Waals surface area contributed by atoms with E-state index >= 15 is 0 Å². The maximum Gasteiger partial charge on any atom is 0.220 e. The minimum absolute atomic E-state index is 0.148. The Balaban J connectivity index is 2.41. The van der Waals surface area contributed by atoms with Crippen LogP contribution in [0.25, 0.3) is 0 Å². The van der Waals surface area contributed by atoms with Gasteiger partial charge >= 0.3 is 0 Å². The van der Waals surface area contributed by atoms with Gasteiger partial charge in [0, 0.05) is 12.5 Å². The maximum atomic E-state index is 11.7. The van der Waals surface area contributed by atoms with Crippen molar-refractivity contribution in [3.05, 3.63) is 35.4 Å². The number of hydrogen-bond acceptors (Lipinski definition) is 1. The molecule has 0 spiro atoms. The Morgan fingerprint density at radius 3 is 2.47 bits per heavy atom. The SMILES string of the molecule is Cc1ccccc1CCC(=O)N[C@H](C)C(C)C. The van der Waals surface area contributed by atoms with Crippen LogP contribution in [-0.4, -0.2) is 11.9 Å². The molecule has 0 aliphatic heterocycles. The van der Waals surface area contributed by atoms with Gasteiger partial charge in [-0.05, 0) is 37.3 Å². The first-order chi connectivity index (χ1) is 8.00. The first-order valence-electron chi connectivity index (χ1n) is 6.34. The number of benzene rings is 1. The molecule has 0 bridgehead atoms. The third-order valence-corrected chi connectivity index (χ3v) is 3.27. The van der Waals surface area contributed by atoms with Crippen LogP contribution in [0.3, 0.4) is 0 Å². The van der Waals surface area contributed by atoms with Crippen molar-refractivity contribution < 1.29 is 4.79 Å². The van der Waals surface area contributed by atoms with Gasteiger partial charge in [-0.1, -0.05) is 38.1 Å². The van der Waals surface area contributed by atoms with Gasteiger partial charge < -0.3 is 5.32 Å². The van der Waals surface area contributed by atoms with Crippen LogP contribution in [0.2, 0.25) is 0 Å². The smallest absolute Gasteiger partial charge is 0.220 e. The topological polar surface area (TPSA) is 29.1 Å². The van der Waals surface area contributed by atoms with Crippen molar-refractivity contribution in [1.82, 2.24) is 5.32 Å². The second kappa shape index (κ2) is 6.43. The molecule has 1 N–H and O–H groups in total. The maximum absolute atomic E-state index is 11.7. The molecule has 1 amide bonds. The Labute approximate surface area is 104 Å².